The van der Waals surface area contributed by atoms with Crippen molar-refractivity contribution in [1.82, 2.24) is 15.2 Å². The Hall–Kier alpha value is -1.91. The number of H-pyrrole nitrogens is 1. The molecule has 1 N–H and O–H groups in total. The van der Waals surface area contributed by atoms with Gasteiger partial charge in [-0.2, -0.15) is 4.98 Å². The minimum atomic E-state index is -0.333. The maximum absolute atomic E-state index is 13.4. The molecular weight excluding hydrogens is 209 g/mol. The number of aromatic amines is 1. The lowest BCUT2D eigenvalue weighted by Gasteiger charge is -1.97. The van der Waals surface area contributed by atoms with Gasteiger partial charge in [-0.1, -0.05) is 19.1 Å². The van der Waals surface area contributed by atoms with Crippen LogP contribution in [0.25, 0.3) is 11.4 Å². The SMILES string of the molecule is CCCOc1n[nH]c(-c2ccccc2F)n1. The fourth-order valence-corrected chi connectivity index (χ4v) is 1.28. The molecule has 0 bridgehead atoms. The third-order valence-electron chi connectivity index (χ3n) is 2.03. The summed E-state index contributed by atoms with van der Waals surface area (Å²) in [4.78, 5) is 4.05. The fraction of sp³-hybridized carbons (Fsp3) is 0.273. The molecule has 16 heavy (non-hydrogen) atoms. The Morgan fingerprint density at radius 1 is 1.38 bits per heavy atom. The summed E-state index contributed by atoms with van der Waals surface area (Å²) in [5, 5.41) is 6.49. The summed E-state index contributed by atoms with van der Waals surface area (Å²) in [5.41, 5.74) is 0.390. The third kappa shape index (κ3) is 2.18. The first-order chi connectivity index (χ1) is 7.81. The molecule has 1 aromatic heterocycles. The van der Waals surface area contributed by atoms with Gasteiger partial charge in [-0.05, 0) is 18.6 Å². The second-order valence-electron chi connectivity index (χ2n) is 3.29. The molecule has 0 atom stereocenters. The predicted octanol–water partition coefficient (Wildman–Crippen LogP) is 2.40. The largest absolute Gasteiger partial charge is 0.462 e. The number of hydrogen-bond donors (Lipinski definition) is 1. The van der Waals surface area contributed by atoms with Crippen molar-refractivity contribution in [2.45, 2.75) is 13.3 Å². The van der Waals surface area contributed by atoms with E-state index in [2.05, 4.69) is 15.2 Å². The van der Waals surface area contributed by atoms with Crippen LogP contribution in [-0.4, -0.2) is 21.8 Å². The second kappa shape index (κ2) is 4.74. The first kappa shape index (κ1) is 10.6. The molecule has 1 heterocycles. The zero-order valence-corrected chi connectivity index (χ0v) is 8.90. The van der Waals surface area contributed by atoms with Crippen LogP contribution >= 0.6 is 0 Å². The molecular formula is C11H12FN3O. The van der Waals surface area contributed by atoms with Crippen LogP contribution in [0.2, 0.25) is 0 Å². The summed E-state index contributed by atoms with van der Waals surface area (Å²) in [7, 11) is 0. The molecule has 0 aliphatic heterocycles. The van der Waals surface area contributed by atoms with Gasteiger partial charge in [0.25, 0.3) is 0 Å². The molecule has 5 heteroatoms. The van der Waals surface area contributed by atoms with E-state index < -0.39 is 0 Å². The number of ether oxygens (including phenoxy) is 1. The van der Waals surface area contributed by atoms with E-state index in [1.807, 2.05) is 6.92 Å². The average molecular weight is 221 g/mol. The molecule has 0 saturated heterocycles. The van der Waals surface area contributed by atoms with E-state index >= 15 is 0 Å². The Bertz CT molecular complexity index is 470. The van der Waals surface area contributed by atoms with Gasteiger partial charge in [-0.25, -0.2) is 4.39 Å². The zero-order chi connectivity index (χ0) is 11.4. The topological polar surface area (TPSA) is 50.8 Å². The van der Waals surface area contributed by atoms with Gasteiger partial charge in [0.1, 0.15) is 5.82 Å². The van der Waals surface area contributed by atoms with Crippen molar-refractivity contribution in [3.05, 3.63) is 30.1 Å². The van der Waals surface area contributed by atoms with Crippen LogP contribution in [0.1, 0.15) is 13.3 Å². The van der Waals surface area contributed by atoms with Crippen LogP contribution in [-0.2, 0) is 0 Å². The van der Waals surface area contributed by atoms with Gasteiger partial charge in [0.15, 0.2) is 5.82 Å². The smallest absolute Gasteiger partial charge is 0.335 e. The average Bonchev–Trinajstić information content (AvgIpc) is 2.75. The first-order valence-corrected chi connectivity index (χ1v) is 5.11. The Morgan fingerprint density at radius 3 is 2.94 bits per heavy atom. The molecule has 0 saturated carbocycles. The van der Waals surface area contributed by atoms with Crippen molar-refractivity contribution in [2.24, 2.45) is 0 Å². The van der Waals surface area contributed by atoms with E-state index in [0.29, 0.717) is 18.0 Å². The van der Waals surface area contributed by atoms with Crippen molar-refractivity contribution in [1.29, 1.82) is 0 Å². The van der Waals surface area contributed by atoms with Crippen LogP contribution in [0.4, 0.5) is 4.39 Å². The monoisotopic (exact) mass is 221 g/mol. The number of aromatic nitrogens is 3. The maximum atomic E-state index is 13.4. The number of hydrogen-bond acceptors (Lipinski definition) is 3. The molecule has 4 nitrogen and oxygen atoms in total. The number of rotatable bonds is 4. The number of nitrogens with zero attached hydrogens (tertiary/aromatic N) is 2. The quantitative estimate of drug-likeness (QED) is 0.862. The van der Waals surface area contributed by atoms with Gasteiger partial charge >= 0.3 is 6.01 Å². The molecule has 1 aromatic carbocycles. The normalized spacial score (nSPS) is 10.4. The number of benzene rings is 1. The maximum Gasteiger partial charge on any atom is 0.335 e. The summed E-state index contributed by atoms with van der Waals surface area (Å²) < 4.78 is 18.6. The molecule has 2 rings (SSSR count). The van der Waals surface area contributed by atoms with E-state index in [4.69, 9.17) is 4.74 Å². The minimum absolute atomic E-state index is 0.250. The Labute approximate surface area is 92.5 Å². The van der Waals surface area contributed by atoms with Crippen molar-refractivity contribution in [3.8, 4) is 17.4 Å². The molecule has 0 aliphatic carbocycles. The van der Waals surface area contributed by atoms with Crippen molar-refractivity contribution < 1.29 is 9.13 Å². The van der Waals surface area contributed by atoms with Gasteiger partial charge < -0.3 is 4.74 Å². The Kier molecular flexibility index (Phi) is 3.14. The van der Waals surface area contributed by atoms with E-state index in [1.165, 1.54) is 6.07 Å². The highest BCUT2D eigenvalue weighted by Crippen LogP contribution is 2.19. The third-order valence-corrected chi connectivity index (χ3v) is 2.03. The van der Waals surface area contributed by atoms with Crippen LogP contribution in [0.3, 0.4) is 0 Å². The minimum Gasteiger partial charge on any atom is -0.462 e. The highest BCUT2D eigenvalue weighted by atomic mass is 19.1. The Balaban J connectivity index is 2.22. The summed E-state index contributed by atoms with van der Waals surface area (Å²) in [6.45, 7) is 2.54. The van der Waals surface area contributed by atoms with E-state index in [-0.39, 0.29) is 11.8 Å². The molecule has 84 valence electrons. The molecule has 0 spiro atoms. The molecule has 0 amide bonds. The summed E-state index contributed by atoms with van der Waals surface area (Å²) >= 11 is 0. The lowest BCUT2D eigenvalue weighted by molar-refractivity contribution is 0.293. The van der Waals surface area contributed by atoms with Crippen molar-refractivity contribution in [2.75, 3.05) is 6.61 Å². The van der Waals surface area contributed by atoms with E-state index in [9.17, 15) is 4.39 Å². The first-order valence-electron chi connectivity index (χ1n) is 5.11. The van der Waals surface area contributed by atoms with Crippen LogP contribution < -0.4 is 4.74 Å². The summed E-state index contributed by atoms with van der Waals surface area (Å²) in [5.74, 6) is 0.0462. The molecule has 2 aromatic rings. The lowest BCUT2D eigenvalue weighted by atomic mass is 10.2. The highest BCUT2D eigenvalue weighted by molar-refractivity contribution is 5.55. The van der Waals surface area contributed by atoms with Gasteiger partial charge in [-0.3, -0.25) is 5.10 Å². The molecule has 0 aliphatic rings. The second-order valence-corrected chi connectivity index (χ2v) is 3.29. The Morgan fingerprint density at radius 2 is 2.19 bits per heavy atom. The van der Waals surface area contributed by atoms with Crippen LogP contribution in [0.5, 0.6) is 6.01 Å². The molecule has 0 unspecified atom stereocenters. The molecule has 0 radical (unpaired) electrons. The predicted molar refractivity (Wildman–Crippen MR) is 57.6 cm³/mol. The van der Waals surface area contributed by atoms with Crippen molar-refractivity contribution in [3.63, 3.8) is 0 Å². The summed E-state index contributed by atoms with van der Waals surface area (Å²) in [6.07, 6.45) is 0.879. The lowest BCUT2D eigenvalue weighted by Crippen LogP contribution is -1.96. The van der Waals surface area contributed by atoms with Crippen LogP contribution in [0.15, 0.2) is 24.3 Å². The fourth-order valence-electron chi connectivity index (χ4n) is 1.28. The van der Waals surface area contributed by atoms with Gasteiger partial charge in [0.2, 0.25) is 0 Å². The van der Waals surface area contributed by atoms with E-state index in [0.717, 1.165) is 6.42 Å². The van der Waals surface area contributed by atoms with Gasteiger partial charge in [0, 0.05) is 0 Å². The molecule has 0 fully saturated rings. The number of halogens is 1. The van der Waals surface area contributed by atoms with Crippen molar-refractivity contribution >= 4 is 0 Å². The zero-order valence-electron chi connectivity index (χ0n) is 8.90. The van der Waals surface area contributed by atoms with Gasteiger partial charge in [-0.15, -0.1) is 5.10 Å². The van der Waals surface area contributed by atoms with E-state index in [1.54, 1.807) is 18.2 Å². The van der Waals surface area contributed by atoms with Crippen LogP contribution in [0, 0.1) is 5.82 Å². The summed E-state index contributed by atoms with van der Waals surface area (Å²) in [6, 6.07) is 6.64. The standard InChI is InChI=1S/C11H12FN3O/c1-2-7-16-11-13-10(14-15-11)8-5-3-4-6-9(8)12/h3-6H,2,7H2,1H3,(H,13,14,15). The highest BCUT2D eigenvalue weighted by Gasteiger charge is 2.09. The van der Waals surface area contributed by atoms with Gasteiger partial charge in [0.05, 0.1) is 12.2 Å². The number of nitrogens with one attached hydrogen (secondary N) is 1.